The van der Waals surface area contributed by atoms with Gasteiger partial charge in [0.1, 0.15) is 5.82 Å². The number of anilines is 2. The first-order valence-electron chi connectivity index (χ1n) is 6.56. The minimum absolute atomic E-state index is 0.0599. The van der Waals surface area contributed by atoms with Crippen molar-refractivity contribution in [1.29, 1.82) is 0 Å². The number of nitrogens with two attached hydrogens (primary N) is 1. The SMILES string of the molecule is CC(=O)NCCNc1ccc(NC(=O)CCCN)cn1. The predicted octanol–water partition coefficient (Wildman–Crippen LogP) is 0.307. The van der Waals surface area contributed by atoms with Crippen LogP contribution in [0.4, 0.5) is 11.5 Å². The monoisotopic (exact) mass is 279 g/mol. The molecule has 0 atom stereocenters. The van der Waals surface area contributed by atoms with Gasteiger partial charge < -0.3 is 21.7 Å². The molecule has 0 saturated heterocycles. The average Bonchev–Trinajstić information content (AvgIpc) is 2.43. The maximum absolute atomic E-state index is 11.5. The Balaban J connectivity index is 2.32. The fourth-order valence-electron chi connectivity index (χ4n) is 1.49. The number of hydrogen-bond acceptors (Lipinski definition) is 5. The summed E-state index contributed by atoms with van der Waals surface area (Å²) in [6, 6.07) is 3.54. The molecule has 110 valence electrons. The zero-order valence-electron chi connectivity index (χ0n) is 11.6. The van der Waals surface area contributed by atoms with E-state index in [9.17, 15) is 9.59 Å². The van der Waals surface area contributed by atoms with Crippen molar-refractivity contribution in [3.63, 3.8) is 0 Å². The van der Waals surface area contributed by atoms with Gasteiger partial charge in [0, 0.05) is 26.4 Å². The van der Waals surface area contributed by atoms with Crippen molar-refractivity contribution in [3.05, 3.63) is 18.3 Å². The molecule has 0 aromatic carbocycles. The molecule has 2 amide bonds. The lowest BCUT2D eigenvalue weighted by molar-refractivity contribution is -0.119. The highest BCUT2D eigenvalue weighted by Gasteiger charge is 2.02. The van der Waals surface area contributed by atoms with E-state index in [0.29, 0.717) is 44.0 Å². The Labute approximate surface area is 118 Å². The fourth-order valence-corrected chi connectivity index (χ4v) is 1.49. The minimum atomic E-state index is -0.0661. The smallest absolute Gasteiger partial charge is 0.224 e. The largest absolute Gasteiger partial charge is 0.368 e. The van der Waals surface area contributed by atoms with E-state index in [1.54, 1.807) is 18.3 Å². The van der Waals surface area contributed by atoms with Crippen molar-refractivity contribution in [2.75, 3.05) is 30.3 Å². The molecule has 7 nitrogen and oxygen atoms in total. The van der Waals surface area contributed by atoms with Crippen molar-refractivity contribution in [2.24, 2.45) is 5.73 Å². The molecule has 0 saturated carbocycles. The first-order valence-corrected chi connectivity index (χ1v) is 6.56. The normalized spacial score (nSPS) is 9.90. The van der Waals surface area contributed by atoms with Gasteiger partial charge in [-0.25, -0.2) is 4.98 Å². The van der Waals surface area contributed by atoms with E-state index in [1.165, 1.54) is 6.92 Å². The fraction of sp³-hybridized carbons (Fsp3) is 0.462. The molecule has 0 aliphatic carbocycles. The quantitative estimate of drug-likeness (QED) is 0.512. The third kappa shape index (κ3) is 6.69. The first-order chi connectivity index (χ1) is 9.61. The molecular formula is C13H21N5O2. The third-order valence-corrected chi connectivity index (χ3v) is 2.46. The second kappa shape index (κ2) is 8.87. The maximum atomic E-state index is 11.5. The molecule has 1 rings (SSSR count). The predicted molar refractivity (Wildman–Crippen MR) is 78.3 cm³/mol. The van der Waals surface area contributed by atoms with Crippen LogP contribution in [0.5, 0.6) is 0 Å². The lowest BCUT2D eigenvalue weighted by atomic mass is 10.3. The Morgan fingerprint density at radius 1 is 1.30 bits per heavy atom. The molecule has 5 N–H and O–H groups in total. The molecule has 0 unspecified atom stereocenters. The van der Waals surface area contributed by atoms with E-state index >= 15 is 0 Å². The van der Waals surface area contributed by atoms with E-state index in [0.717, 1.165) is 0 Å². The molecule has 0 radical (unpaired) electrons. The first kappa shape index (κ1) is 15.9. The number of hydrogen-bond donors (Lipinski definition) is 4. The molecule has 0 aliphatic heterocycles. The summed E-state index contributed by atoms with van der Waals surface area (Å²) >= 11 is 0. The van der Waals surface area contributed by atoms with E-state index < -0.39 is 0 Å². The molecule has 20 heavy (non-hydrogen) atoms. The van der Waals surface area contributed by atoms with Crippen LogP contribution in [0.2, 0.25) is 0 Å². The third-order valence-electron chi connectivity index (χ3n) is 2.46. The van der Waals surface area contributed by atoms with Gasteiger partial charge in [-0.05, 0) is 25.1 Å². The molecule has 0 bridgehead atoms. The zero-order chi connectivity index (χ0) is 14.8. The lowest BCUT2D eigenvalue weighted by Gasteiger charge is -2.08. The molecular weight excluding hydrogens is 258 g/mol. The highest BCUT2D eigenvalue weighted by molar-refractivity contribution is 5.90. The summed E-state index contributed by atoms with van der Waals surface area (Å²) in [5.74, 6) is 0.564. The van der Waals surface area contributed by atoms with Crippen LogP contribution in [0.3, 0.4) is 0 Å². The zero-order valence-corrected chi connectivity index (χ0v) is 11.6. The van der Waals surface area contributed by atoms with Crippen LogP contribution in [0, 0.1) is 0 Å². The number of carbonyl (C=O) groups is 2. The van der Waals surface area contributed by atoms with Crippen LogP contribution >= 0.6 is 0 Å². The summed E-state index contributed by atoms with van der Waals surface area (Å²) in [7, 11) is 0. The van der Waals surface area contributed by atoms with Crippen molar-refractivity contribution in [1.82, 2.24) is 10.3 Å². The van der Waals surface area contributed by atoms with Gasteiger partial charge in [-0.15, -0.1) is 0 Å². The summed E-state index contributed by atoms with van der Waals surface area (Å²) in [6.07, 6.45) is 2.66. The molecule has 0 spiro atoms. The van der Waals surface area contributed by atoms with Gasteiger partial charge in [-0.1, -0.05) is 0 Å². The van der Waals surface area contributed by atoms with Gasteiger partial charge in [-0.2, -0.15) is 0 Å². The number of rotatable bonds is 8. The molecule has 0 aliphatic rings. The Morgan fingerprint density at radius 3 is 2.70 bits per heavy atom. The summed E-state index contributed by atoms with van der Waals surface area (Å²) < 4.78 is 0. The number of aromatic nitrogens is 1. The Hall–Kier alpha value is -2.15. The number of pyridine rings is 1. The second-order valence-corrected chi connectivity index (χ2v) is 4.28. The average molecular weight is 279 g/mol. The van der Waals surface area contributed by atoms with Crippen LogP contribution < -0.4 is 21.7 Å². The van der Waals surface area contributed by atoms with Crippen molar-refractivity contribution >= 4 is 23.3 Å². The standard InChI is InChI=1S/C13H21N5O2/c1-10(19)15-7-8-16-12-5-4-11(9-17-12)18-13(20)3-2-6-14/h4-5,9H,2-3,6-8,14H2,1H3,(H,15,19)(H,16,17)(H,18,20). The summed E-state index contributed by atoms with van der Waals surface area (Å²) in [5.41, 5.74) is 5.99. The number of amides is 2. The van der Waals surface area contributed by atoms with Gasteiger partial charge in [0.05, 0.1) is 11.9 Å². The van der Waals surface area contributed by atoms with Crippen molar-refractivity contribution in [2.45, 2.75) is 19.8 Å². The molecule has 7 heteroatoms. The van der Waals surface area contributed by atoms with Crippen LogP contribution in [0.15, 0.2) is 18.3 Å². The van der Waals surface area contributed by atoms with E-state index in [4.69, 9.17) is 5.73 Å². The topological polar surface area (TPSA) is 109 Å². The maximum Gasteiger partial charge on any atom is 0.224 e. The van der Waals surface area contributed by atoms with E-state index in [2.05, 4.69) is 20.9 Å². The van der Waals surface area contributed by atoms with Gasteiger partial charge in [0.15, 0.2) is 0 Å². The van der Waals surface area contributed by atoms with Gasteiger partial charge in [-0.3, -0.25) is 9.59 Å². The van der Waals surface area contributed by atoms with Crippen LogP contribution in [0.25, 0.3) is 0 Å². The van der Waals surface area contributed by atoms with E-state index in [1.807, 2.05) is 0 Å². The summed E-state index contributed by atoms with van der Waals surface area (Å²) in [5, 5.41) is 8.48. The Morgan fingerprint density at radius 2 is 2.10 bits per heavy atom. The van der Waals surface area contributed by atoms with Crippen LogP contribution in [-0.2, 0) is 9.59 Å². The molecule has 1 aromatic rings. The molecule has 1 aromatic heterocycles. The summed E-state index contributed by atoms with van der Waals surface area (Å²) in [4.78, 5) is 26.3. The highest BCUT2D eigenvalue weighted by Crippen LogP contribution is 2.09. The van der Waals surface area contributed by atoms with Crippen molar-refractivity contribution in [3.8, 4) is 0 Å². The van der Waals surface area contributed by atoms with Crippen molar-refractivity contribution < 1.29 is 9.59 Å². The second-order valence-electron chi connectivity index (χ2n) is 4.28. The number of carbonyl (C=O) groups excluding carboxylic acids is 2. The Kier molecular flexibility index (Phi) is 7.05. The number of nitrogens with zero attached hydrogens (tertiary/aromatic N) is 1. The highest BCUT2D eigenvalue weighted by atomic mass is 16.2. The minimum Gasteiger partial charge on any atom is -0.368 e. The van der Waals surface area contributed by atoms with Gasteiger partial charge in [0.25, 0.3) is 0 Å². The number of nitrogens with one attached hydrogen (secondary N) is 3. The lowest BCUT2D eigenvalue weighted by Crippen LogP contribution is -2.26. The molecule has 0 fully saturated rings. The van der Waals surface area contributed by atoms with Gasteiger partial charge >= 0.3 is 0 Å². The van der Waals surface area contributed by atoms with Gasteiger partial charge in [0.2, 0.25) is 11.8 Å². The van der Waals surface area contributed by atoms with E-state index in [-0.39, 0.29) is 11.8 Å². The molecule has 1 heterocycles. The Bertz CT molecular complexity index is 433. The summed E-state index contributed by atoms with van der Waals surface area (Å²) in [6.45, 7) is 3.10. The van der Waals surface area contributed by atoms with Crippen LogP contribution in [-0.4, -0.2) is 36.4 Å². The van der Waals surface area contributed by atoms with Crippen LogP contribution in [0.1, 0.15) is 19.8 Å².